The molecule has 4 rings (SSSR count). The average Bonchev–Trinajstić information content (AvgIpc) is 3.33. The molecule has 0 unspecified atom stereocenters. The number of piperidine rings is 1. The summed E-state index contributed by atoms with van der Waals surface area (Å²) in [5, 5.41) is 0. The van der Waals surface area contributed by atoms with E-state index >= 15 is 0 Å². The molecule has 0 aliphatic carbocycles. The number of pyridine rings is 1. The Morgan fingerprint density at radius 2 is 1.68 bits per heavy atom. The van der Waals surface area contributed by atoms with Crippen LogP contribution in [0.25, 0.3) is 0 Å². The molecule has 0 N–H and O–H groups in total. The predicted molar refractivity (Wildman–Crippen MR) is 151 cm³/mol. The third-order valence-electron chi connectivity index (χ3n) is 6.88. The summed E-state index contributed by atoms with van der Waals surface area (Å²) in [6.45, 7) is 16.9. The van der Waals surface area contributed by atoms with Crippen molar-refractivity contribution >= 4 is 5.91 Å². The van der Waals surface area contributed by atoms with E-state index in [1.807, 2.05) is 83.7 Å². The first-order valence-electron chi connectivity index (χ1n) is 14.0. The Bertz CT molecular complexity index is 1160. The van der Waals surface area contributed by atoms with Crippen molar-refractivity contribution in [2.75, 3.05) is 46.3 Å². The fraction of sp³-hybridized carbons (Fsp3) is 0.613. The number of carbonyl (C=O) groups excluding carboxylic acids is 1. The smallest absolute Gasteiger partial charge is 0.253 e. The molecule has 0 saturated carbocycles. The van der Waals surface area contributed by atoms with Crippen molar-refractivity contribution in [3.05, 3.63) is 53.3 Å². The van der Waals surface area contributed by atoms with Gasteiger partial charge in [-0.25, -0.2) is 0 Å². The van der Waals surface area contributed by atoms with Gasteiger partial charge in [0, 0.05) is 24.7 Å². The maximum Gasteiger partial charge on any atom is 0.253 e. The fourth-order valence-electron chi connectivity index (χ4n) is 4.95. The van der Waals surface area contributed by atoms with E-state index in [9.17, 15) is 4.79 Å². The summed E-state index contributed by atoms with van der Waals surface area (Å²) >= 11 is 0. The minimum atomic E-state index is -0.777. The second-order valence-electron chi connectivity index (χ2n) is 12.3. The predicted octanol–water partition coefficient (Wildman–Crippen LogP) is 4.89. The van der Waals surface area contributed by atoms with Gasteiger partial charge in [0.2, 0.25) is 0 Å². The van der Waals surface area contributed by atoms with E-state index in [1.165, 1.54) is 0 Å². The molecule has 2 fully saturated rings. The number of aromatic nitrogens is 1. The second-order valence-corrected chi connectivity index (χ2v) is 12.3. The summed E-state index contributed by atoms with van der Waals surface area (Å²) in [4.78, 5) is 20.0. The molecule has 2 atom stereocenters. The molecule has 2 aliphatic rings. The molecule has 9 nitrogen and oxygen atoms in total. The maximum atomic E-state index is 13.5. The Kier molecular flexibility index (Phi) is 9.40. The number of amides is 1. The monoisotopic (exact) mass is 556 g/mol. The van der Waals surface area contributed by atoms with E-state index in [-0.39, 0.29) is 30.0 Å². The molecule has 2 aromatic rings. The molecule has 2 aliphatic heterocycles. The third kappa shape index (κ3) is 7.51. The largest absolute Gasteiger partial charge is 0.491 e. The number of aryl methyl sites for hydroxylation is 1. The number of benzene rings is 1. The Hall–Kier alpha value is -2.72. The maximum absolute atomic E-state index is 13.5. The van der Waals surface area contributed by atoms with Crippen molar-refractivity contribution in [2.24, 2.45) is 0 Å². The van der Waals surface area contributed by atoms with Crippen LogP contribution in [0.3, 0.4) is 0 Å². The highest BCUT2D eigenvalue weighted by molar-refractivity contribution is 5.94. The topological polar surface area (TPSA) is 88.6 Å². The number of hydrogen-bond donors (Lipinski definition) is 0. The second kappa shape index (κ2) is 12.4. The van der Waals surface area contributed by atoms with Crippen LogP contribution in [0.4, 0.5) is 0 Å². The molecular formula is C31H44N2O7. The molecule has 9 heteroatoms. The zero-order valence-corrected chi connectivity index (χ0v) is 25.0. The number of carbonyl (C=O) groups is 1. The van der Waals surface area contributed by atoms with E-state index in [1.54, 1.807) is 6.20 Å². The SMILES string of the molecule is Cc1cc(C(=O)N2CC[C@]3(c4ncccc4OCCOC(C)(C)C)OCO[C@@H]3C2)ccc1OCCOC(C)(C)C. The van der Waals surface area contributed by atoms with Gasteiger partial charge >= 0.3 is 0 Å². The van der Waals surface area contributed by atoms with Gasteiger partial charge in [0.15, 0.2) is 0 Å². The van der Waals surface area contributed by atoms with Crippen LogP contribution in [-0.4, -0.2) is 79.4 Å². The summed E-state index contributed by atoms with van der Waals surface area (Å²) in [5.74, 6) is 1.34. The molecule has 2 saturated heterocycles. The van der Waals surface area contributed by atoms with Crippen LogP contribution in [0.2, 0.25) is 0 Å². The van der Waals surface area contributed by atoms with Crippen molar-refractivity contribution in [3.8, 4) is 11.5 Å². The minimum Gasteiger partial charge on any atom is -0.491 e. The van der Waals surface area contributed by atoms with Crippen molar-refractivity contribution in [1.82, 2.24) is 9.88 Å². The molecule has 3 heterocycles. The van der Waals surface area contributed by atoms with Gasteiger partial charge in [-0.2, -0.15) is 0 Å². The summed E-state index contributed by atoms with van der Waals surface area (Å²) in [5.41, 5.74) is 0.997. The quantitative estimate of drug-likeness (QED) is 0.382. The normalized spacial score (nSPS) is 21.3. The number of hydrogen-bond acceptors (Lipinski definition) is 8. The molecule has 0 bridgehead atoms. The number of rotatable bonds is 10. The van der Waals surface area contributed by atoms with E-state index < -0.39 is 5.60 Å². The zero-order chi connectivity index (χ0) is 29.0. The molecule has 1 aromatic carbocycles. The van der Waals surface area contributed by atoms with E-state index in [2.05, 4.69) is 4.98 Å². The highest BCUT2D eigenvalue weighted by Crippen LogP contribution is 2.45. The van der Waals surface area contributed by atoms with Crippen LogP contribution in [0.5, 0.6) is 11.5 Å². The van der Waals surface area contributed by atoms with Gasteiger partial charge < -0.3 is 33.3 Å². The highest BCUT2D eigenvalue weighted by atomic mass is 16.7. The lowest BCUT2D eigenvalue weighted by atomic mass is 9.84. The van der Waals surface area contributed by atoms with Crippen LogP contribution in [0.15, 0.2) is 36.5 Å². The van der Waals surface area contributed by atoms with Gasteiger partial charge in [-0.15, -0.1) is 0 Å². The van der Waals surface area contributed by atoms with Crippen molar-refractivity contribution in [2.45, 2.75) is 77.8 Å². The lowest BCUT2D eigenvalue weighted by Gasteiger charge is -2.41. The Balaban J connectivity index is 1.40. The first-order valence-corrected chi connectivity index (χ1v) is 14.0. The van der Waals surface area contributed by atoms with Crippen LogP contribution in [0, 0.1) is 6.92 Å². The van der Waals surface area contributed by atoms with Gasteiger partial charge in [0.05, 0.1) is 31.0 Å². The van der Waals surface area contributed by atoms with Crippen LogP contribution in [-0.2, 0) is 24.5 Å². The summed E-state index contributed by atoms with van der Waals surface area (Å²) in [6, 6.07) is 9.28. The molecule has 0 radical (unpaired) electrons. The number of fused-ring (bicyclic) bond motifs is 1. The van der Waals surface area contributed by atoms with Gasteiger partial charge in [-0.1, -0.05) is 0 Å². The lowest BCUT2D eigenvalue weighted by Crippen LogP contribution is -2.54. The zero-order valence-electron chi connectivity index (χ0n) is 25.0. The van der Waals surface area contributed by atoms with Crippen LogP contribution < -0.4 is 9.47 Å². The molecule has 0 spiro atoms. The molecule has 220 valence electrons. The Morgan fingerprint density at radius 3 is 2.33 bits per heavy atom. The van der Waals surface area contributed by atoms with Gasteiger partial charge in [-0.05, 0) is 84.4 Å². The van der Waals surface area contributed by atoms with E-state index in [0.29, 0.717) is 62.9 Å². The average molecular weight is 557 g/mol. The Morgan fingerprint density at radius 1 is 1.00 bits per heavy atom. The van der Waals surface area contributed by atoms with E-state index in [0.717, 1.165) is 11.3 Å². The van der Waals surface area contributed by atoms with E-state index in [4.69, 9.17) is 28.4 Å². The van der Waals surface area contributed by atoms with Crippen LogP contribution in [0.1, 0.15) is 69.6 Å². The molecule has 1 aromatic heterocycles. The third-order valence-corrected chi connectivity index (χ3v) is 6.88. The summed E-state index contributed by atoms with van der Waals surface area (Å²) in [6.07, 6.45) is 1.92. The Labute approximate surface area is 238 Å². The van der Waals surface area contributed by atoms with Gasteiger partial charge in [-0.3, -0.25) is 9.78 Å². The summed E-state index contributed by atoms with van der Waals surface area (Å²) < 4.78 is 35.7. The first kappa shape index (κ1) is 30.2. The first-order chi connectivity index (χ1) is 18.9. The van der Waals surface area contributed by atoms with Crippen molar-refractivity contribution in [3.63, 3.8) is 0 Å². The van der Waals surface area contributed by atoms with Crippen molar-refractivity contribution < 1.29 is 33.2 Å². The molecular weight excluding hydrogens is 512 g/mol. The fourth-order valence-corrected chi connectivity index (χ4v) is 4.95. The van der Waals surface area contributed by atoms with Crippen molar-refractivity contribution in [1.29, 1.82) is 0 Å². The minimum absolute atomic E-state index is 0.0494. The summed E-state index contributed by atoms with van der Waals surface area (Å²) in [7, 11) is 0. The standard InChI is InChI=1S/C31H44N2O7/c1-22-19-23(10-11-24(22)35-15-17-38-29(2,3)4)28(34)33-14-12-31(26(20-33)37-21-40-31)27-25(9-8-13-32-27)36-16-18-39-30(5,6)7/h8-11,13,19,26H,12,14-18,20-21H2,1-7H3/t26-,31+/m1/s1. The van der Waals surface area contributed by atoms with Gasteiger partial charge in [0.1, 0.15) is 48.9 Å². The molecule has 1 amide bonds. The highest BCUT2D eigenvalue weighted by Gasteiger charge is 2.53. The number of likely N-dealkylation sites (tertiary alicyclic amines) is 1. The van der Waals surface area contributed by atoms with Gasteiger partial charge in [0.25, 0.3) is 5.91 Å². The number of nitrogens with zero attached hydrogens (tertiary/aromatic N) is 2. The molecule has 40 heavy (non-hydrogen) atoms. The van der Waals surface area contributed by atoms with Crippen LogP contribution >= 0.6 is 0 Å². The number of ether oxygens (including phenoxy) is 6. The lowest BCUT2D eigenvalue weighted by molar-refractivity contribution is -0.0502.